The molecule has 0 aliphatic carbocycles. The Morgan fingerprint density at radius 2 is 1.68 bits per heavy atom. The molecule has 0 spiro atoms. The molecule has 0 radical (unpaired) electrons. The van der Waals surface area contributed by atoms with Crippen molar-refractivity contribution in [3.05, 3.63) is 46.3 Å². The van der Waals surface area contributed by atoms with E-state index in [0.29, 0.717) is 37.4 Å². The smallest absolute Gasteiger partial charge is 0.254 e. The van der Waals surface area contributed by atoms with Crippen LogP contribution in [-0.4, -0.2) is 55.6 Å². The first kappa shape index (κ1) is 24.9. The predicted molar refractivity (Wildman–Crippen MR) is 135 cm³/mol. The fourth-order valence-electron chi connectivity index (χ4n) is 4.55. The van der Waals surface area contributed by atoms with Crippen LogP contribution in [0.2, 0.25) is 0 Å². The summed E-state index contributed by atoms with van der Waals surface area (Å²) >= 11 is 1.10. The lowest BCUT2D eigenvalue weighted by molar-refractivity contribution is -0.120. The van der Waals surface area contributed by atoms with Crippen LogP contribution in [0.4, 0.5) is 5.69 Å². The summed E-state index contributed by atoms with van der Waals surface area (Å²) < 4.78 is 28.0. The number of aryl methyl sites for hydroxylation is 2. The van der Waals surface area contributed by atoms with Crippen LogP contribution >= 0.6 is 11.3 Å². The molecule has 1 aromatic carbocycles. The average Bonchev–Trinajstić information content (AvgIpc) is 3.33. The number of hydrogen-bond acceptors (Lipinski definition) is 5. The zero-order valence-corrected chi connectivity index (χ0v) is 21.7. The van der Waals surface area contributed by atoms with Crippen LogP contribution in [0.3, 0.4) is 0 Å². The van der Waals surface area contributed by atoms with Gasteiger partial charge in [-0.3, -0.25) is 9.59 Å². The van der Waals surface area contributed by atoms with Gasteiger partial charge >= 0.3 is 0 Å². The van der Waals surface area contributed by atoms with Crippen molar-refractivity contribution < 1.29 is 18.0 Å². The van der Waals surface area contributed by atoms with Gasteiger partial charge in [-0.2, -0.15) is 4.31 Å². The molecule has 7 nitrogen and oxygen atoms in total. The highest BCUT2D eigenvalue weighted by molar-refractivity contribution is 7.91. The minimum atomic E-state index is -3.69. The molecule has 2 amide bonds. The third kappa shape index (κ3) is 5.37. The first-order valence-electron chi connectivity index (χ1n) is 11.9. The number of rotatable bonds is 5. The van der Waals surface area contributed by atoms with Gasteiger partial charge in [0.05, 0.1) is 5.56 Å². The molecule has 2 saturated heterocycles. The van der Waals surface area contributed by atoms with E-state index in [9.17, 15) is 18.0 Å². The molecular formula is C25H33N3O4S2. The van der Waals surface area contributed by atoms with Crippen LogP contribution in [0.15, 0.2) is 33.9 Å². The first-order chi connectivity index (χ1) is 16.1. The number of anilines is 1. The minimum Gasteiger partial charge on any atom is -0.339 e. The quantitative estimate of drug-likeness (QED) is 0.660. The molecule has 3 heterocycles. The standard InChI is InChI=1S/C25H33N3O4S2/c1-17-6-10-27(11-7-17)25(30)21-15-23(33-16-21)34(31,32)28-12-8-20(9-13-28)24(29)26-22-14-18(2)4-5-19(22)3/h4-5,14-17,20H,6-13H2,1-3H3,(H,26,29). The number of amides is 2. The highest BCUT2D eigenvalue weighted by Crippen LogP contribution is 2.30. The summed E-state index contributed by atoms with van der Waals surface area (Å²) in [7, 11) is -3.69. The number of carbonyl (C=O) groups is 2. The maximum Gasteiger partial charge on any atom is 0.254 e. The third-order valence-electron chi connectivity index (χ3n) is 6.96. The van der Waals surface area contributed by atoms with Crippen molar-refractivity contribution in [1.29, 1.82) is 0 Å². The normalized spacial score (nSPS) is 18.7. The fraction of sp³-hybridized carbons (Fsp3) is 0.520. The van der Waals surface area contributed by atoms with Crippen molar-refractivity contribution in [3.63, 3.8) is 0 Å². The van der Waals surface area contributed by atoms with E-state index in [1.54, 1.807) is 5.38 Å². The predicted octanol–water partition coefficient (Wildman–Crippen LogP) is 4.28. The largest absolute Gasteiger partial charge is 0.339 e. The van der Waals surface area contributed by atoms with E-state index >= 15 is 0 Å². The van der Waals surface area contributed by atoms with Gasteiger partial charge in [-0.05, 0) is 68.7 Å². The summed E-state index contributed by atoms with van der Waals surface area (Å²) in [6.45, 7) is 8.14. The van der Waals surface area contributed by atoms with Crippen LogP contribution in [0.25, 0.3) is 0 Å². The Kier molecular flexibility index (Phi) is 7.45. The highest BCUT2D eigenvalue weighted by atomic mass is 32.2. The minimum absolute atomic E-state index is 0.0643. The van der Waals surface area contributed by atoms with Crippen LogP contribution in [0, 0.1) is 25.7 Å². The van der Waals surface area contributed by atoms with Gasteiger partial charge in [-0.1, -0.05) is 19.1 Å². The van der Waals surface area contributed by atoms with E-state index in [2.05, 4.69) is 12.2 Å². The second-order valence-electron chi connectivity index (χ2n) is 9.62. The average molecular weight is 504 g/mol. The zero-order valence-electron chi connectivity index (χ0n) is 20.0. The van der Waals surface area contributed by atoms with Gasteiger partial charge in [0.25, 0.3) is 15.9 Å². The number of benzene rings is 1. The Morgan fingerprint density at radius 1 is 1.00 bits per heavy atom. The molecule has 0 saturated carbocycles. The van der Waals surface area contributed by atoms with Gasteiger partial charge < -0.3 is 10.2 Å². The summed E-state index contributed by atoms with van der Waals surface area (Å²) in [5.74, 6) is 0.235. The van der Waals surface area contributed by atoms with Gasteiger partial charge in [0.15, 0.2) is 0 Å². The summed E-state index contributed by atoms with van der Waals surface area (Å²) in [4.78, 5) is 27.4. The molecule has 184 valence electrons. The van der Waals surface area contributed by atoms with Crippen molar-refractivity contribution in [2.24, 2.45) is 11.8 Å². The molecule has 4 rings (SSSR count). The SMILES string of the molecule is Cc1ccc(C)c(NC(=O)C2CCN(S(=O)(=O)c3cc(C(=O)N4CCC(C)CC4)cs3)CC2)c1. The molecule has 0 unspecified atom stereocenters. The molecule has 9 heteroatoms. The summed E-state index contributed by atoms with van der Waals surface area (Å²) in [5.41, 5.74) is 3.33. The van der Waals surface area contributed by atoms with Crippen LogP contribution in [0.5, 0.6) is 0 Å². The maximum atomic E-state index is 13.2. The topological polar surface area (TPSA) is 86.8 Å². The van der Waals surface area contributed by atoms with E-state index in [0.717, 1.165) is 54.1 Å². The molecule has 2 aliphatic rings. The molecule has 1 aromatic heterocycles. The molecule has 34 heavy (non-hydrogen) atoms. The van der Waals surface area contributed by atoms with Gasteiger partial charge in [-0.15, -0.1) is 11.3 Å². The number of hydrogen-bond donors (Lipinski definition) is 1. The van der Waals surface area contributed by atoms with Crippen molar-refractivity contribution in [3.8, 4) is 0 Å². The number of piperidine rings is 2. The summed E-state index contributed by atoms with van der Waals surface area (Å²) in [6.07, 6.45) is 2.90. The van der Waals surface area contributed by atoms with Crippen molar-refractivity contribution in [1.82, 2.24) is 9.21 Å². The Bertz CT molecular complexity index is 1160. The molecule has 2 aromatic rings. The highest BCUT2D eigenvalue weighted by Gasteiger charge is 2.34. The molecule has 1 N–H and O–H groups in total. The van der Waals surface area contributed by atoms with Crippen molar-refractivity contribution in [2.45, 2.75) is 50.7 Å². The lowest BCUT2D eigenvalue weighted by Gasteiger charge is -2.30. The number of carbonyl (C=O) groups excluding carboxylic acids is 2. The molecule has 0 bridgehead atoms. The monoisotopic (exact) mass is 503 g/mol. The second-order valence-corrected chi connectivity index (χ2v) is 12.7. The molecular weight excluding hydrogens is 470 g/mol. The van der Waals surface area contributed by atoms with E-state index in [-0.39, 0.29) is 21.9 Å². The number of sulfonamides is 1. The summed E-state index contributed by atoms with van der Waals surface area (Å²) in [5, 5.41) is 4.66. The Balaban J connectivity index is 1.36. The van der Waals surface area contributed by atoms with Gasteiger partial charge in [0.2, 0.25) is 5.91 Å². The van der Waals surface area contributed by atoms with E-state index in [4.69, 9.17) is 0 Å². The lowest BCUT2D eigenvalue weighted by atomic mass is 9.97. The lowest BCUT2D eigenvalue weighted by Crippen LogP contribution is -2.41. The number of nitrogens with zero attached hydrogens (tertiary/aromatic N) is 2. The zero-order chi connectivity index (χ0) is 24.5. The Labute approximate surface area is 206 Å². The van der Waals surface area contributed by atoms with Crippen LogP contribution in [0.1, 0.15) is 54.1 Å². The van der Waals surface area contributed by atoms with Gasteiger partial charge in [0, 0.05) is 43.2 Å². The number of likely N-dealkylation sites (tertiary alicyclic amines) is 1. The van der Waals surface area contributed by atoms with E-state index < -0.39 is 10.0 Å². The van der Waals surface area contributed by atoms with Crippen molar-refractivity contribution in [2.75, 3.05) is 31.5 Å². The van der Waals surface area contributed by atoms with Gasteiger partial charge in [0.1, 0.15) is 4.21 Å². The van der Waals surface area contributed by atoms with Gasteiger partial charge in [-0.25, -0.2) is 8.42 Å². The maximum absolute atomic E-state index is 13.2. The van der Waals surface area contributed by atoms with E-state index in [1.165, 1.54) is 10.4 Å². The Hall–Kier alpha value is -2.23. The molecule has 0 atom stereocenters. The van der Waals surface area contributed by atoms with E-state index in [1.807, 2.05) is 36.9 Å². The Morgan fingerprint density at radius 3 is 2.35 bits per heavy atom. The molecule has 2 aliphatic heterocycles. The first-order valence-corrected chi connectivity index (χ1v) is 14.2. The second kappa shape index (κ2) is 10.2. The third-order valence-corrected chi connectivity index (χ3v) is 10.3. The van der Waals surface area contributed by atoms with Crippen LogP contribution in [-0.2, 0) is 14.8 Å². The number of thiophene rings is 1. The molecule has 2 fully saturated rings. The van der Waals surface area contributed by atoms with Crippen molar-refractivity contribution >= 4 is 38.9 Å². The summed E-state index contributed by atoms with van der Waals surface area (Å²) in [6, 6.07) is 7.45. The number of nitrogens with one attached hydrogen (secondary N) is 1. The van der Waals surface area contributed by atoms with Crippen LogP contribution < -0.4 is 5.32 Å². The fourth-order valence-corrected chi connectivity index (χ4v) is 7.32.